The lowest BCUT2D eigenvalue weighted by molar-refractivity contribution is 0.186. The maximum Gasteiger partial charge on any atom is 0.0822 e. The fourth-order valence-corrected chi connectivity index (χ4v) is 2.64. The highest BCUT2D eigenvalue weighted by Crippen LogP contribution is 2.20. The Balaban J connectivity index is 1.78. The monoisotopic (exact) mass is 255 g/mol. The number of benzene rings is 2. The lowest BCUT2D eigenvalue weighted by atomic mass is 9.99. The summed E-state index contributed by atoms with van der Waals surface area (Å²) >= 11 is 0. The van der Waals surface area contributed by atoms with Crippen LogP contribution in [0.4, 0.5) is 0 Å². The molecule has 0 aromatic heterocycles. The smallest absolute Gasteiger partial charge is 0.0822 e. The van der Waals surface area contributed by atoms with E-state index in [0.29, 0.717) is 0 Å². The van der Waals surface area contributed by atoms with Gasteiger partial charge in [0.1, 0.15) is 0 Å². The van der Waals surface area contributed by atoms with E-state index < -0.39 is 0 Å². The van der Waals surface area contributed by atoms with Gasteiger partial charge in [0.15, 0.2) is 0 Å². The van der Waals surface area contributed by atoms with Gasteiger partial charge in [-0.15, -0.1) is 0 Å². The standard InChI is InChI=1S/C18H23O/c19-15-8-4-2-1-3-5-10-16-12-9-13-17-11-6-7-14-18(16)17/h6-7,9,11-14H,1-5,8,10,15H2. The van der Waals surface area contributed by atoms with E-state index in [1.807, 2.05) is 0 Å². The lowest BCUT2D eigenvalue weighted by Crippen LogP contribution is -1.88. The summed E-state index contributed by atoms with van der Waals surface area (Å²) in [5.74, 6) is 0. The zero-order chi connectivity index (χ0) is 13.3. The molecular formula is C18H23O. The largest absolute Gasteiger partial charge is 0.237 e. The van der Waals surface area contributed by atoms with Gasteiger partial charge in [-0.2, -0.15) is 0 Å². The van der Waals surface area contributed by atoms with Crippen LogP contribution in [0.25, 0.3) is 10.8 Å². The summed E-state index contributed by atoms with van der Waals surface area (Å²) in [5.41, 5.74) is 1.47. The van der Waals surface area contributed by atoms with Crippen molar-refractivity contribution in [2.45, 2.75) is 44.9 Å². The van der Waals surface area contributed by atoms with Crippen LogP contribution in [0.2, 0.25) is 0 Å². The van der Waals surface area contributed by atoms with Crippen LogP contribution in [0.15, 0.2) is 42.5 Å². The average Bonchev–Trinajstić information content (AvgIpc) is 2.46. The first-order valence-electron chi connectivity index (χ1n) is 7.46. The van der Waals surface area contributed by atoms with Crippen molar-refractivity contribution in [1.82, 2.24) is 0 Å². The van der Waals surface area contributed by atoms with Gasteiger partial charge in [-0.1, -0.05) is 68.1 Å². The summed E-state index contributed by atoms with van der Waals surface area (Å²) in [6, 6.07) is 15.2. The van der Waals surface area contributed by atoms with Crippen LogP contribution in [0.1, 0.15) is 44.1 Å². The van der Waals surface area contributed by atoms with E-state index in [1.165, 1.54) is 48.4 Å². The molecule has 101 valence electrons. The van der Waals surface area contributed by atoms with E-state index in [2.05, 4.69) is 42.5 Å². The van der Waals surface area contributed by atoms with E-state index >= 15 is 0 Å². The van der Waals surface area contributed by atoms with E-state index in [4.69, 9.17) is 0 Å². The van der Waals surface area contributed by atoms with Crippen molar-refractivity contribution in [2.24, 2.45) is 0 Å². The number of hydrogen-bond donors (Lipinski definition) is 0. The highest BCUT2D eigenvalue weighted by molar-refractivity contribution is 5.85. The Bertz CT molecular complexity index is 485. The molecule has 1 nitrogen and oxygen atoms in total. The Morgan fingerprint density at radius 2 is 1.37 bits per heavy atom. The molecule has 0 aliphatic heterocycles. The van der Waals surface area contributed by atoms with Gasteiger partial charge in [0.05, 0.1) is 6.61 Å². The highest BCUT2D eigenvalue weighted by Gasteiger charge is 2.00. The molecule has 0 N–H and O–H groups in total. The topological polar surface area (TPSA) is 19.9 Å². The molecule has 0 amide bonds. The second kappa shape index (κ2) is 7.96. The zero-order valence-electron chi connectivity index (χ0n) is 11.6. The third-order valence-electron chi connectivity index (χ3n) is 3.72. The van der Waals surface area contributed by atoms with Gasteiger partial charge in [-0.05, 0) is 35.6 Å². The molecule has 0 fully saturated rings. The van der Waals surface area contributed by atoms with Crippen molar-refractivity contribution >= 4 is 10.8 Å². The molecule has 19 heavy (non-hydrogen) atoms. The minimum absolute atomic E-state index is 0.0933. The molecule has 1 heteroatoms. The molecule has 0 spiro atoms. The van der Waals surface area contributed by atoms with Crippen LogP contribution < -0.4 is 0 Å². The molecule has 0 saturated carbocycles. The van der Waals surface area contributed by atoms with Gasteiger partial charge in [0.2, 0.25) is 0 Å². The zero-order valence-corrected chi connectivity index (χ0v) is 11.6. The predicted octanol–water partition coefficient (Wildman–Crippen LogP) is 5.15. The number of hydrogen-bond acceptors (Lipinski definition) is 0. The van der Waals surface area contributed by atoms with Gasteiger partial charge in [-0.3, -0.25) is 0 Å². The van der Waals surface area contributed by atoms with Crippen molar-refractivity contribution in [2.75, 3.05) is 6.61 Å². The minimum Gasteiger partial charge on any atom is -0.237 e. The Labute approximate surface area is 116 Å². The van der Waals surface area contributed by atoms with Crippen molar-refractivity contribution in [3.63, 3.8) is 0 Å². The van der Waals surface area contributed by atoms with Gasteiger partial charge >= 0.3 is 0 Å². The summed E-state index contributed by atoms with van der Waals surface area (Å²) in [6.07, 6.45) is 8.15. The maximum atomic E-state index is 10.3. The number of aryl methyl sites for hydroxylation is 1. The maximum absolute atomic E-state index is 10.3. The van der Waals surface area contributed by atoms with Crippen LogP contribution in [0, 0.1) is 0 Å². The molecule has 0 aliphatic carbocycles. The van der Waals surface area contributed by atoms with Crippen LogP contribution >= 0.6 is 0 Å². The molecule has 0 atom stereocenters. The first-order valence-corrected chi connectivity index (χ1v) is 7.46. The minimum atomic E-state index is 0.0933. The van der Waals surface area contributed by atoms with Crippen LogP contribution in [-0.2, 0) is 11.5 Å². The first-order chi connectivity index (χ1) is 9.42. The van der Waals surface area contributed by atoms with E-state index in [-0.39, 0.29) is 6.61 Å². The molecule has 0 heterocycles. The molecular weight excluding hydrogens is 232 g/mol. The highest BCUT2D eigenvalue weighted by atomic mass is 16.2. The second-order valence-corrected chi connectivity index (χ2v) is 5.21. The van der Waals surface area contributed by atoms with Gasteiger partial charge in [0, 0.05) is 0 Å². The summed E-state index contributed by atoms with van der Waals surface area (Å²) < 4.78 is 0. The summed E-state index contributed by atoms with van der Waals surface area (Å²) in [4.78, 5) is 0. The van der Waals surface area contributed by atoms with E-state index in [9.17, 15) is 5.11 Å². The van der Waals surface area contributed by atoms with Crippen molar-refractivity contribution < 1.29 is 5.11 Å². The SMILES string of the molecule is [O]CCCCCCCCc1cccc2ccccc12. The Hall–Kier alpha value is -1.34. The van der Waals surface area contributed by atoms with Gasteiger partial charge in [0.25, 0.3) is 0 Å². The summed E-state index contributed by atoms with van der Waals surface area (Å²) in [5, 5.41) is 13.1. The predicted molar refractivity (Wildman–Crippen MR) is 80.9 cm³/mol. The first kappa shape index (κ1) is 14.1. The summed E-state index contributed by atoms with van der Waals surface area (Å²) in [6.45, 7) is 0.0933. The van der Waals surface area contributed by atoms with Crippen molar-refractivity contribution in [3.8, 4) is 0 Å². The Kier molecular flexibility index (Phi) is 5.90. The summed E-state index contributed by atoms with van der Waals surface area (Å²) in [7, 11) is 0. The van der Waals surface area contributed by atoms with E-state index in [0.717, 1.165) is 12.8 Å². The molecule has 2 aromatic carbocycles. The normalized spacial score (nSPS) is 11.0. The third kappa shape index (κ3) is 4.36. The Morgan fingerprint density at radius 3 is 2.21 bits per heavy atom. The molecule has 0 aliphatic rings. The quantitative estimate of drug-likeness (QED) is 0.581. The molecule has 0 unspecified atom stereocenters. The third-order valence-corrected chi connectivity index (χ3v) is 3.72. The average molecular weight is 255 g/mol. The number of rotatable bonds is 8. The second-order valence-electron chi connectivity index (χ2n) is 5.21. The van der Waals surface area contributed by atoms with Crippen LogP contribution in [-0.4, -0.2) is 6.61 Å². The van der Waals surface area contributed by atoms with Crippen molar-refractivity contribution in [3.05, 3.63) is 48.0 Å². The fourth-order valence-electron chi connectivity index (χ4n) is 2.64. The van der Waals surface area contributed by atoms with Crippen molar-refractivity contribution in [1.29, 1.82) is 0 Å². The van der Waals surface area contributed by atoms with E-state index in [1.54, 1.807) is 0 Å². The van der Waals surface area contributed by atoms with Gasteiger partial charge < -0.3 is 0 Å². The van der Waals surface area contributed by atoms with Gasteiger partial charge in [-0.25, -0.2) is 5.11 Å². The fraction of sp³-hybridized carbons (Fsp3) is 0.444. The molecule has 0 bridgehead atoms. The lowest BCUT2D eigenvalue weighted by Gasteiger charge is -2.06. The number of unbranched alkanes of at least 4 members (excludes halogenated alkanes) is 5. The Morgan fingerprint density at radius 1 is 0.684 bits per heavy atom. The molecule has 2 rings (SSSR count). The van der Waals surface area contributed by atoms with Crippen LogP contribution in [0.3, 0.4) is 0 Å². The molecule has 0 saturated heterocycles. The number of fused-ring (bicyclic) bond motifs is 1. The van der Waals surface area contributed by atoms with Crippen LogP contribution in [0.5, 0.6) is 0 Å². The molecule has 2 aromatic rings. The molecule has 1 radical (unpaired) electrons.